The SMILES string of the molecule is COc1cc(COCCOC(C)(C)C)ccc1/C(N)=N/O. The van der Waals surface area contributed by atoms with Gasteiger partial charge in [0.1, 0.15) is 5.75 Å². The average molecular weight is 296 g/mol. The summed E-state index contributed by atoms with van der Waals surface area (Å²) in [6.45, 7) is 7.52. The van der Waals surface area contributed by atoms with E-state index in [1.807, 2.05) is 26.8 Å². The van der Waals surface area contributed by atoms with E-state index in [4.69, 9.17) is 25.2 Å². The predicted octanol–water partition coefficient (Wildman–Crippen LogP) is 2.12. The van der Waals surface area contributed by atoms with Crippen molar-refractivity contribution in [1.82, 2.24) is 0 Å². The van der Waals surface area contributed by atoms with Crippen molar-refractivity contribution in [2.75, 3.05) is 20.3 Å². The lowest BCUT2D eigenvalue weighted by molar-refractivity contribution is -0.0376. The number of amidine groups is 1. The van der Waals surface area contributed by atoms with Gasteiger partial charge in [-0.1, -0.05) is 11.2 Å². The van der Waals surface area contributed by atoms with Gasteiger partial charge in [0.15, 0.2) is 5.84 Å². The summed E-state index contributed by atoms with van der Waals surface area (Å²) < 4.78 is 16.3. The third-order valence-corrected chi connectivity index (χ3v) is 2.68. The predicted molar refractivity (Wildman–Crippen MR) is 80.9 cm³/mol. The maximum Gasteiger partial charge on any atom is 0.173 e. The Hall–Kier alpha value is -1.79. The fourth-order valence-corrected chi connectivity index (χ4v) is 1.69. The fraction of sp³-hybridized carbons (Fsp3) is 0.533. The van der Waals surface area contributed by atoms with Crippen molar-refractivity contribution in [3.63, 3.8) is 0 Å². The maximum atomic E-state index is 8.71. The van der Waals surface area contributed by atoms with Crippen LogP contribution in [0, 0.1) is 0 Å². The lowest BCUT2D eigenvalue weighted by Crippen LogP contribution is -2.21. The molecular weight excluding hydrogens is 272 g/mol. The average Bonchev–Trinajstić information content (AvgIpc) is 2.44. The van der Waals surface area contributed by atoms with Gasteiger partial charge in [-0.05, 0) is 38.5 Å². The molecule has 6 heteroatoms. The van der Waals surface area contributed by atoms with Gasteiger partial charge in [0, 0.05) is 0 Å². The van der Waals surface area contributed by atoms with Crippen LogP contribution < -0.4 is 10.5 Å². The van der Waals surface area contributed by atoms with Gasteiger partial charge in [0.05, 0.1) is 38.1 Å². The zero-order valence-corrected chi connectivity index (χ0v) is 13.0. The molecule has 1 rings (SSSR count). The molecule has 1 aromatic carbocycles. The van der Waals surface area contributed by atoms with Crippen LogP contribution in [0.25, 0.3) is 0 Å². The monoisotopic (exact) mass is 296 g/mol. The van der Waals surface area contributed by atoms with Gasteiger partial charge in [0.2, 0.25) is 0 Å². The Bertz CT molecular complexity index is 481. The van der Waals surface area contributed by atoms with E-state index < -0.39 is 0 Å². The molecule has 0 saturated carbocycles. The van der Waals surface area contributed by atoms with Crippen LogP contribution in [0.2, 0.25) is 0 Å². The van der Waals surface area contributed by atoms with Crippen molar-refractivity contribution < 1.29 is 19.4 Å². The van der Waals surface area contributed by atoms with E-state index >= 15 is 0 Å². The molecule has 0 aliphatic carbocycles. The second-order valence-electron chi connectivity index (χ2n) is 5.53. The number of methoxy groups -OCH3 is 1. The quantitative estimate of drug-likeness (QED) is 0.265. The van der Waals surface area contributed by atoms with Gasteiger partial charge in [-0.2, -0.15) is 0 Å². The summed E-state index contributed by atoms with van der Waals surface area (Å²) in [6, 6.07) is 5.39. The van der Waals surface area contributed by atoms with E-state index in [9.17, 15) is 0 Å². The summed E-state index contributed by atoms with van der Waals surface area (Å²) in [5.74, 6) is 0.551. The molecule has 0 fully saturated rings. The van der Waals surface area contributed by atoms with Gasteiger partial charge in [-0.25, -0.2) is 0 Å². The molecule has 0 aliphatic heterocycles. The number of nitrogens with zero attached hydrogens (tertiary/aromatic N) is 1. The highest BCUT2D eigenvalue weighted by Crippen LogP contribution is 2.20. The van der Waals surface area contributed by atoms with Crippen molar-refractivity contribution in [3.8, 4) is 5.75 Å². The molecule has 6 nitrogen and oxygen atoms in total. The molecular formula is C15H24N2O4. The van der Waals surface area contributed by atoms with Gasteiger partial charge in [-0.3, -0.25) is 0 Å². The van der Waals surface area contributed by atoms with Gasteiger partial charge in [-0.15, -0.1) is 0 Å². The van der Waals surface area contributed by atoms with Crippen LogP contribution in [0.5, 0.6) is 5.75 Å². The van der Waals surface area contributed by atoms with E-state index in [1.54, 1.807) is 12.1 Å². The molecule has 0 atom stereocenters. The number of nitrogens with two attached hydrogens (primary N) is 1. The summed E-state index contributed by atoms with van der Waals surface area (Å²) in [7, 11) is 1.53. The van der Waals surface area contributed by atoms with Crippen LogP contribution in [0.1, 0.15) is 31.9 Å². The number of hydrogen-bond acceptors (Lipinski definition) is 5. The third kappa shape index (κ3) is 6.01. The zero-order chi connectivity index (χ0) is 15.9. The molecule has 21 heavy (non-hydrogen) atoms. The normalized spacial score (nSPS) is 12.5. The minimum atomic E-state index is -0.157. The van der Waals surface area contributed by atoms with Crippen molar-refractivity contribution in [1.29, 1.82) is 0 Å². The second kappa shape index (κ2) is 7.85. The first-order valence-electron chi connectivity index (χ1n) is 6.74. The largest absolute Gasteiger partial charge is 0.496 e. The first kappa shape index (κ1) is 17.3. The highest BCUT2D eigenvalue weighted by atomic mass is 16.5. The van der Waals surface area contributed by atoms with Crippen LogP contribution >= 0.6 is 0 Å². The van der Waals surface area contributed by atoms with Crippen LogP contribution in [0.4, 0.5) is 0 Å². The highest BCUT2D eigenvalue weighted by Gasteiger charge is 2.10. The van der Waals surface area contributed by atoms with E-state index in [0.717, 1.165) is 5.56 Å². The second-order valence-corrected chi connectivity index (χ2v) is 5.53. The number of hydrogen-bond donors (Lipinski definition) is 2. The molecule has 0 saturated heterocycles. The van der Waals surface area contributed by atoms with Crippen molar-refractivity contribution in [2.24, 2.45) is 10.9 Å². The summed E-state index contributed by atoms with van der Waals surface area (Å²) in [5, 5.41) is 11.7. The van der Waals surface area contributed by atoms with Crippen LogP contribution in [0.3, 0.4) is 0 Å². The van der Waals surface area contributed by atoms with E-state index in [0.29, 0.717) is 31.1 Å². The molecule has 0 bridgehead atoms. The summed E-state index contributed by atoms with van der Waals surface area (Å²) in [5.41, 5.74) is 6.90. The van der Waals surface area contributed by atoms with Crippen LogP contribution in [0.15, 0.2) is 23.4 Å². The zero-order valence-electron chi connectivity index (χ0n) is 13.0. The molecule has 0 aromatic heterocycles. The summed E-state index contributed by atoms with van der Waals surface area (Å²) in [6.07, 6.45) is 0. The van der Waals surface area contributed by atoms with Crippen LogP contribution in [-0.4, -0.2) is 37.0 Å². The van der Waals surface area contributed by atoms with Crippen molar-refractivity contribution in [3.05, 3.63) is 29.3 Å². The topological polar surface area (TPSA) is 86.3 Å². The Morgan fingerprint density at radius 3 is 2.57 bits per heavy atom. The summed E-state index contributed by atoms with van der Waals surface area (Å²) >= 11 is 0. The number of oxime groups is 1. The third-order valence-electron chi connectivity index (χ3n) is 2.68. The molecule has 0 aliphatic rings. The Labute approximate surface area is 125 Å². The molecule has 118 valence electrons. The highest BCUT2D eigenvalue weighted by molar-refractivity contribution is 5.99. The lowest BCUT2D eigenvalue weighted by atomic mass is 10.1. The van der Waals surface area contributed by atoms with E-state index in [2.05, 4.69) is 5.16 Å². The Morgan fingerprint density at radius 2 is 2.00 bits per heavy atom. The minimum absolute atomic E-state index is 0.0119. The van der Waals surface area contributed by atoms with E-state index in [1.165, 1.54) is 7.11 Å². The number of ether oxygens (including phenoxy) is 3. The Morgan fingerprint density at radius 1 is 1.29 bits per heavy atom. The summed E-state index contributed by atoms with van der Waals surface area (Å²) in [4.78, 5) is 0. The van der Waals surface area contributed by atoms with Crippen molar-refractivity contribution in [2.45, 2.75) is 33.0 Å². The maximum absolute atomic E-state index is 8.71. The van der Waals surface area contributed by atoms with Gasteiger partial charge in [0.25, 0.3) is 0 Å². The smallest absolute Gasteiger partial charge is 0.173 e. The Balaban J connectivity index is 2.53. The molecule has 0 spiro atoms. The number of rotatable bonds is 7. The van der Waals surface area contributed by atoms with E-state index in [-0.39, 0.29) is 11.4 Å². The molecule has 0 radical (unpaired) electrons. The molecule has 0 heterocycles. The van der Waals surface area contributed by atoms with Crippen LogP contribution in [-0.2, 0) is 16.1 Å². The first-order chi connectivity index (χ1) is 9.87. The Kier molecular flexibility index (Phi) is 6.45. The molecule has 3 N–H and O–H groups in total. The molecule has 0 amide bonds. The fourth-order valence-electron chi connectivity index (χ4n) is 1.69. The van der Waals surface area contributed by atoms with Gasteiger partial charge >= 0.3 is 0 Å². The minimum Gasteiger partial charge on any atom is -0.496 e. The molecule has 1 aromatic rings. The number of benzene rings is 1. The standard InChI is InChI=1S/C15H24N2O4/c1-15(2,3)21-8-7-20-10-11-5-6-12(14(16)17-18)13(9-11)19-4/h5-6,9,18H,7-8,10H2,1-4H3,(H2,16,17). The first-order valence-corrected chi connectivity index (χ1v) is 6.74. The van der Waals surface area contributed by atoms with Crippen molar-refractivity contribution >= 4 is 5.84 Å². The molecule has 0 unspecified atom stereocenters. The van der Waals surface area contributed by atoms with Gasteiger partial charge < -0.3 is 25.2 Å². The lowest BCUT2D eigenvalue weighted by Gasteiger charge is -2.19.